The lowest BCUT2D eigenvalue weighted by Gasteiger charge is -1.98. The van der Waals surface area contributed by atoms with Crippen molar-refractivity contribution in [3.63, 3.8) is 0 Å². The van der Waals surface area contributed by atoms with Crippen molar-refractivity contribution in [2.45, 2.75) is 64.7 Å². The highest BCUT2D eigenvalue weighted by molar-refractivity contribution is 5.77. The van der Waals surface area contributed by atoms with E-state index < -0.39 is 0 Å². The van der Waals surface area contributed by atoms with Crippen LogP contribution >= 0.6 is 0 Å². The summed E-state index contributed by atoms with van der Waals surface area (Å²) in [5.41, 5.74) is 1.66. The van der Waals surface area contributed by atoms with Crippen molar-refractivity contribution < 1.29 is 4.79 Å². The van der Waals surface area contributed by atoms with E-state index in [1.165, 1.54) is 38.5 Å². The number of hydrogen-bond acceptors (Lipinski definition) is 1. The second kappa shape index (κ2) is 6.80. The number of unbranched alkanes of at least 4 members (excludes halogenated alkanes) is 2. The minimum Gasteiger partial charge on any atom is -0.300 e. The average molecular weight is 194 g/mol. The molecule has 1 aliphatic carbocycles. The Kier molecular flexibility index (Phi) is 5.58. The maximum atomic E-state index is 11.0. The lowest BCUT2D eigenvalue weighted by atomic mass is 10.1. The molecule has 0 aromatic rings. The molecule has 0 N–H and O–H groups in total. The van der Waals surface area contributed by atoms with Crippen LogP contribution in [0.2, 0.25) is 0 Å². The van der Waals surface area contributed by atoms with Gasteiger partial charge in [0.1, 0.15) is 5.78 Å². The molecule has 0 aliphatic heterocycles. The zero-order chi connectivity index (χ0) is 10.2. The maximum absolute atomic E-state index is 11.0. The van der Waals surface area contributed by atoms with E-state index in [9.17, 15) is 4.79 Å². The summed E-state index contributed by atoms with van der Waals surface area (Å²) in [6.45, 7) is 1.95. The van der Waals surface area contributed by atoms with E-state index in [1.54, 1.807) is 5.57 Å². The van der Waals surface area contributed by atoms with Crippen molar-refractivity contribution in [1.29, 1.82) is 0 Å². The summed E-state index contributed by atoms with van der Waals surface area (Å²) in [5.74, 6) is 0.415. The van der Waals surface area contributed by atoms with Crippen LogP contribution in [0.15, 0.2) is 11.6 Å². The van der Waals surface area contributed by atoms with E-state index in [2.05, 4.69) is 6.08 Å². The number of hydrogen-bond donors (Lipinski definition) is 0. The van der Waals surface area contributed by atoms with Gasteiger partial charge in [0, 0.05) is 12.8 Å². The molecule has 0 atom stereocenters. The van der Waals surface area contributed by atoms with Crippen LogP contribution in [0.4, 0.5) is 0 Å². The van der Waals surface area contributed by atoms with E-state index in [-0.39, 0.29) is 0 Å². The number of carbonyl (C=O) groups is 1. The fourth-order valence-corrected chi connectivity index (χ4v) is 1.98. The third-order valence-corrected chi connectivity index (χ3v) is 2.98. The zero-order valence-electron chi connectivity index (χ0n) is 9.35. The van der Waals surface area contributed by atoms with Gasteiger partial charge in [-0.1, -0.05) is 18.6 Å². The first-order valence-electron chi connectivity index (χ1n) is 6.02. The molecule has 1 fully saturated rings. The van der Waals surface area contributed by atoms with Crippen LogP contribution in [-0.2, 0) is 4.79 Å². The molecule has 1 heteroatoms. The summed E-state index contributed by atoms with van der Waals surface area (Å²) in [4.78, 5) is 11.0. The quantitative estimate of drug-likeness (QED) is 0.461. The standard InChI is InChI=1S/C13H22O/c1-2-13(14)11-5-3-4-8-12-9-6-7-10-12/h8H,2-7,9-11H2,1H3. The SMILES string of the molecule is CCC(=O)CCCCC=C1CCCC1. The van der Waals surface area contributed by atoms with Gasteiger partial charge in [0.25, 0.3) is 0 Å². The second-order valence-electron chi connectivity index (χ2n) is 4.21. The van der Waals surface area contributed by atoms with E-state index >= 15 is 0 Å². The highest BCUT2D eigenvalue weighted by atomic mass is 16.1. The monoisotopic (exact) mass is 194 g/mol. The van der Waals surface area contributed by atoms with Crippen molar-refractivity contribution in [2.24, 2.45) is 0 Å². The molecule has 0 unspecified atom stereocenters. The topological polar surface area (TPSA) is 17.1 Å². The fourth-order valence-electron chi connectivity index (χ4n) is 1.98. The molecule has 0 amide bonds. The highest BCUT2D eigenvalue weighted by Crippen LogP contribution is 2.24. The Balaban J connectivity index is 1.98. The summed E-state index contributed by atoms with van der Waals surface area (Å²) in [7, 11) is 0. The van der Waals surface area contributed by atoms with Crippen LogP contribution in [0.3, 0.4) is 0 Å². The van der Waals surface area contributed by atoms with Gasteiger partial charge in [-0.2, -0.15) is 0 Å². The normalized spacial score (nSPS) is 15.9. The number of allylic oxidation sites excluding steroid dienone is 2. The lowest BCUT2D eigenvalue weighted by molar-refractivity contribution is -0.118. The van der Waals surface area contributed by atoms with Crippen LogP contribution in [-0.4, -0.2) is 5.78 Å². The van der Waals surface area contributed by atoms with Gasteiger partial charge in [0.15, 0.2) is 0 Å². The Morgan fingerprint density at radius 3 is 2.64 bits per heavy atom. The van der Waals surface area contributed by atoms with Crippen molar-refractivity contribution in [3.8, 4) is 0 Å². The first-order valence-corrected chi connectivity index (χ1v) is 6.02. The number of rotatable bonds is 6. The molecule has 14 heavy (non-hydrogen) atoms. The predicted octanol–water partition coefficient (Wildman–Crippen LogP) is 4.03. The zero-order valence-corrected chi connectivity index (χ0v) is 9.35. The molecule has 80 valence electrons. The van der Waals surface area contributed by atoms with E-state index in [0.29, 0.717) is 12.2 Å². The summed E-state index contributed by atoms with van der Waals surface area (Å²) in [5, 5.41) is 0. The molecule has 1 rings (SSSR count). The molecular formula is C13H22O. The summed E-state index contributed by atoms with van der Waals surface area (Å²) >= 11 is 0. The molecule has 0 saturated heterocycles. The second-order valence-corrected chi connectivity index (χ2v) is 4.21. The van der Waals surface area contributed by atoms with Crippen LogP contribution in [0.25, 0.3) is 0 Å². The highest BCUT2D eigenvalue weighted by Gasteiger charge is 2.05. The summed E-state index contributed by atoms with van der Waals surface area (Å²) < 4.78 is 0. The van der Waals surface area contributed by atoms with Crippen LogP contribution < -0.4 is 0 Å². The van der Waals surface area contributed by atoms with Gasteiger partial charge in [-0.25, -0.2) is 0 Å². The minimum atomic E-state index is 0.415. The van der Waals surface area contributed by atoms with Gasteiger partial charge >= 0.3 is 0 Å². The van der Waals surface area contributed by atoms with Crippen LogP contribution in [0, 0.1) is 0 Å². The van der Waals surface area contributed by atoms with Crippen molar-refractivity contribution in [2.75, 3.05) is 0 Å². The van der Waals surface area contributed by atoms with Gasteiger partial charge < -0.3 is 0 Å². The fraction of sp³-hybridized carbons (Fsp3) is 0.769. The van der Waals surface area contributed by atoms with Crippen LogP contribution in [0.5, 0.6) is 0 Å². The van der Waals surface area contributed by atoms with Crippen molar-refractivity contribution in [1.82, 2.24) is 0 Å². The first-order chi connectivity index (χ1) is 6.83. The number of carbonyl (C=O) groups excluding carboxylic acids is 1. The molecule has 0 aromatic carbocycles. The van der Waals surface area contributed by atoms with E-state index in [1.807, 2.05) is 6.92 Å². The lowest BCUT2D eigenvalue weighted by Crippen LogP contribution is -1.93. The first kappa shape index (κ1) is 11.5. The molecule has 0 spiro atoms. The Morgan fingerprint density at radius 1 is 1.29 bits per heavy atom. The van der Waals surface area contributed by atoms with Gasteiger partial charge in [-0.3, -0.25) is 4.79 Å². The van der Waals surface area contributed by atoms with E-state index in [0.717, 1.165) is 12.8 Å². The smallest absolute Gasteiger partial charge is 0.132 e. The molecule has 1 nitrogen and oxygen atoms in total. The minimum absolute atomic E-state index is 0.415. The maximum Gasteiger partial charge on any atom is 0.132 e. The molecule has 0 heterocycles. The van der Waals surface area contributed by atoms with Gasteiger partial charge in [-0.15, -0.1) is 0 Å². The van der Waals surface area contributed by atoms with Crippen LogP contribution in [0.1, 0.15) is 64.7 Å². The molecule has 0 bridgehead atoms. The molecule has 0 radical (unpaired) electrons. The Bertz CT molecular complexity index is 195. The molecular weight excluding hydrogens is 172 g/mol. The molecule has 1 aliphatic rings. The Morgan fingerprint density at radius 2 is 2.00 bits per heavy atom. The van der Waals surface area contributed by atoms with E-state index in [4.69, 9.17) is 0 Å². The predicted molar refractivity (Wildman–Crippen MR) is 60.3 cm³/mol. The van der Waals surface area contributed by atoms with Crippen molar-refractivity contribution in [3.05, 3.63) is 11.6 Å². The Labute approximate surface area is 87.6 Å². The summed E-state index contributed by atoms with van der Waals surface area (Å²) in [6, 6.07) is 0. The number of ketones is 1. The average Bonchev–Trinajstić information content (AvgIpc) is 2.69. The summed E-state index contributed by atoms with van der Waals surface area (Å²) in [6.07, 6.45) is 12.8. The van der Waals surface area contributed by atoms with Crippen molar-refractivity contribution >= 4 is 5.78 Å². The molecule has 0 aromatic heterocycles. The third-order valence-electron chi connectivity index (χ3n) is 2.98. The van der Waals surface area contributed by atoms with Gasteiger partial charge in [0.2, 0.25) is 0 Å². The molecule has 1 saturated carbocycles. The largest absolute Gasteiger partial charge is 0.300 e. The third kappa shape index (κ3) is 4.59. The van der Waals surface area contributed by atoms with Gasteiger partial charge in [-0.05, 0) is 44.9 Å². The number of Topliss-reactive ketones (excluding diaryl/α,β-unsaturated/α-hetero) is 1. The van der Waals surface area contributed by atoms with Gasteiger partial charge in [0.05, 0.1) is 0 Å². The Hall–Kier alpha value is -0.590.